The van der Waals surface area contributed by atoms with Crippen LogP contribution >= 0.6 is 0 Å². The van der Waals surface area contributed by atoms with E-state index in [9.17, 15) is 0 Å². The molecule has 0 spiro atoms. The van der Waals surface area contributed by atoms with E-state index in [-0.39, 0.29) is 0 Å². The minimum atomic E-state index is 0.784. The van der Waals surface area contributed by atoms with E-state index in [4.69, 9.17) is 0 Å². The van der Waals surface area contributed by atoms with E-state index in [1.807, 2.05) is 0 Å². The van der Waals surface area contributed by atoms with Gasteiger partial charge < -0.3 is 5.32 Å². The molecule has 1 aliphatic rings. The SMILES string of the molecule is C=CCCCCCC(CC1CCCCC1)NCCC. The maximum absolute atomic E-state index is 3.80. The molecule has 0 bridgehead atoms. The molecule has 0 radical (unpaired) electrons. The molecule has 19 heavy (non-hydrogen) atoms. The molecule has 1 unspecified atom stereocenters. The van der Waals surface area contributed by atoms with Gasteiger partial charge in [-0.15, -0.1) is 6.58 Å². The number of hydrogen-bond donors (Lipinski definition) is 1. The summed E-state index contributed by atoms with van der Waals surface area (Å²) in [7, 11) is 0. The second kappa shape index (κ2) is 11.5. The van der Waals surface area contributed by atoms with Crippen LogP contribution in [-0.4, -0.2) is 12.6 Å². The van der Waals surface area contributed by atoms with Crippen molar-refractivity contribution in [1.82, 2.24) is 5.32 Å². The second-order valence-electron chi connectivity index (χ2n) is 6.32. The van der Waals surface area contributed by atoms with Crippen LogP contribution in [0.25, 0.3) is 0 Å². The molecule has 1 N–H and O–H groups in total. The third-order valence-corrected chi connectivity index (χ3v) is 4.49. The Hall–Kier alpha value is -0.300. The Kier molecular flexibility index (Phi) is 10.2. The average Bonchev–Trinajstić information content (AvgIpc) is 2.45. The molecule has 1 rings (SSSR count). The molecule has 112 valence electrons. The van der Waals surface area contributed by atoms with Crippen LogP contribution < -0.4 is 5.32 Å². The zero-order valence-corrected chi connectivity index (χ0v) is 13.1. The van der Waals surface area contributed by atoms with Crippen LogP contribution in [0.4, 0.5) is 0 Å². The molecule has 0 saturated heterocycles. The zero-order valence-electron chi connectivity index (χ0n) is 13.1. The lowest BCUT2D eigenvalue weighted by Crippen LogP contribution is -2.32. The smallest absolute Gasteiger partial charge is 0.00696 e. The molecule has 0 amide bonds. The van der Waals surface area contributed by atoms with Crippen LogP contribution in [0.1, 0.15) is 84.0 Å². The molecule has 1 heteroatoms. The highest BCUT2D eigenvalue weighted by molar-refractivity contribution is 4.75. The molecule has 0 heterocycles. The fourth-order valence-corrected chi connectivity index (χ4v) is 3.33. The topological polar surface area (TPSA) is 12.0 Å². The first-order chi connectivity index (χ1) is 9.36. The van der Waals surface area contributed by atoms with Crippen LogP contribution in [0.3, 0.4) is 0 Å². The van der Waals surface area contributed by atoms with Gasteiger partial charge in [0.05, 0.1) is 0 Å². The predicted octanol–water partition coefficient (Wildman–Crippen LogP) is 5.46. The molecule has 0 aromatic carbocycles. The molecular weight excluding hydrogens is 230 g/mol. The Labute approximate surface area is 121 Å². The van der Waals surface area contributed by atoms with Gasteiger partial charge in [-0.1, -0.05) is 57.9 Å². The summed E-state index contributed by atoms with van der Waals surface area (Å²) in [6.07, 6.45) is 18.8. The summed E-state index contributed by atoms with van der Waals surface area (Å²) in [5, 5.41) is 3.79. The van der Waals surface area contributed by atoms with E-state index in [1.165, 1.54) is 83.6 Å². The fourth-order valence-electron chi connectivity index (χ4n) is 3.33. The minimum Gasteiger partial charge on any atom is -0.314 e. The van der Waals surface area contributed by atoms with Crippen molar-refractivity contribution in [2.75, 3.05) is 6.54 Å². The number of allylic oxidation sites excluding steroid dienone is 1. The first-order valence-electron chi connectivity index (χ1n) is 8.71. The highest BCUT2D eigenvalue weighted by Gasteiger charge is 2.18. The van der Waals surface area contributed by atoms with Crippen LogP contribution in [-0.2, 0) is 0 Å². The summed E-state index contributed by atoms with van der Waals surface area (Å²) in [5.74, 6) is 1.01. The highest BCUT2D eigenvalue weighted by Crippen LogP contribution is 2.28. The van der Waals surface area contributed by atoms with Crippen molar-refractivity contribution < 1.29 is 0 Å². The Balaban J connectivity index is 2.18. The summed E-state index contributed by atoms with van der Waals surface area (Å²) in [6, 6.07) is 0.784. The van der Waals surface area contributed by atoms with Crippen molar-refractivity contribution in [1.29, 1.82) is 0 Å². The largest absolute Gasteiger partial charge is 0.314 e. The molecule has 1 fully saturated rings. The maximum Gasteiger partial charge on any atom is 0.00696 e. The van der Waals surface area contributed by atoms with Crippen LogP contribution in [0, 0.1) is 5.92 Å². The van der Waals surface area contributed by atoms with Gasteiger partial charge in [0.15, 0.2) is 0 Å². The van der Waals surface area contributed by atoms with Crippen molar-refractivity contribution >= 4 is 0 Å². The third kappa shape index (κ3) is 8.47. The Morgan fingerprint density at radius 2 is 1.95 bits per heavy atom. The third-order valence-electron chi connectivity index (χ3n) is 4.49. The van der Waals surface area contributed by atoms with Gasteiger partial charge in [-0.2, -0.15) is 0 Å². The molecule has 0 aromatic heterocycles. The standard InChI is InChI=1S/C18H35N/c1-3-5-6-7-11-14-18(19-15-4-2)16-17-12-9-8-10-13-17/h3,17-19H,1,4-16H2,2H3. The van der Waals surface area contributed by atoms with Crippen LogP contribution in [0.5, 0.6) is 0 Å². The summed E-state index contributed by atoms with van der Waals surface area (Å²) >= 11 is 0. The zero-order chi connectivity index (χ0) is 13.8. The van der Waals surface area contributed by atoms with Crippen molar-refractivity contribution in [2.45, 2.75) is 90.0 Å². The van der Waals surface area contributed by atoms with E-state index in [1.54, 1.807) is 0 Å². The van der Waals surface area contributed by atoms with Gasteiger partial charge in [0.25, 0.3) is 0 Å². The van der Waals surface area contributed by atoms with Crippen LogP contribution in [0.15, 0.2) is 12.7 Å². The van der Waals surface area contributed by atoms with Crippen molar-refractivity contribution in [3.05, 3.63) is 12.7 Å². The summed E-state index contributed by atoms with van der Waals surface area (Å²) in [5.41, 5.74) is 0. The van der Waals surface area contributed by atoms with Gasteiger partial charge in [-0.3, -0.25) is 0 Å². The lowest BCUT2D eigenvalue weighted by molar-refractivity contribution is 0.287. The second-order valence-corrected chi connectivity index (χ2v) is 6.32. The van der Waals surface area contributed by atoms with Gasteiger partial charge >= 0.3 is 0 Å². The minimum absolute atomic E-state index is 0.784. The maximum atomic E-state index is 3.80. The van der Waals surface area contributed by atoms with Crippen molar-refractivity contribution in [3.8, 4) is 0 Å². The molecule has 0 aliphatic heterocycles. The van der Waals surface area contributed by atoms with E-state index in [0.717, 1.165) is 12.0 Å². The fraction of sp³-hybridized carbons (Fsp3) is 0.889. The molecular formula is C18H35N. The normalized spacial score (nSPS) is 18.4. The number of rotatable bonds is 11. The monoisotopic (exact) mass is 265 g/mol. The summed E-state index contributed by atoms with van der Waals surface area (Å²) in [6.45, 7) is 7.27. The van der Waals surface area contributed by atoms with Gasteiger partial charge in [0, 0.05) is 6.04 Å². The highest BCUT2D eigenvalue weighted by atomic mass is 14.9. The van der Waals surface area contributed by atoms with Crippen molar-refractivity contribution in [2.24, 2.45) is 5.92 Å². The lowest BCUT2D eigenvalue weighted by atomic mass is 9.84. The molecule has 0 aromatic rings. The average molecular weight is 265 g/mol. The Bertz CT molecular complexity index is 206. The molecule has 1 nitrogen and oxygen atoms in total. The van der Waals surface area contributed by atoms with Gasteiger partial charge in [0.2, 0.25) is 0 Å². The molecule has 1 saturated carbocycles. The quantitative estimate of drug-likeness (QED) is 0.386. The molecule has 1 atom stereocenters. The number of unbranched alkanes of at least 4 members (excludes halogenated alkanes) is 3. The first kappa shape index (κ1) is 16.8. The van der Waals surface area contributed by atoms with Gasteiger partial charge in [-0.25, -0.2) is 0 Å². The van der Waals surface area contributed by atoms with Gasteiger partial charge in [0.1, 0.15) is 0 Å². The van der Waals surface area contributed by atoms with Gasteiger partial charge in [-0.05, 0) is 44.6 Å². The van der Waals surface area contributed by atoms with E-state index < -0.39 is 0 Å². The molecule has 1 aliphatic carbocycles. The van der Waals surface area contributed by atoms with Crippen molar-refractivity contribution in [3.63, 3.8) is 0 Å². The summed E-state index contributed by atoms with van der Waals surface area (Å²) < 4.78 is 0. The van der Waals surface area contributed by atoms with E-state index in [0.29, 0.717) is 0 Å². The predicted molar refractivity (Wildman–Crippen MR) is 86.6 cm³/mol. The van der Waals surface area contributed by atoms with Crippen LogP contribution in [0.2, 0.25) is 0 Å². The van der Waals surface area contributed by atoms with E-state index >= 15 is 0 Å². The summed E-state index contributed by atoms with van der Waals surface area (Å²) in [4.78, 5) is 0. The number of nitrogens with one attached hydrogen (secondary N) is 1. The Morgan fingerprint density at radius 1 is 1.16 bits per heavy atom. The van der Waals surface area contributed by atoms with E-state index in [2.05, 4.69) is 24.9 Å². The number of hydrogen-bond acceptors (Lipinski definition) is 1. The Morgan fingerprint density at radius 3 is 2.63 bits per heavy atom. The lowest BCUT2D eigenvalue weighted by Gasteiger charge is -2.27. The first-order valence-corrected chi connectivity index (χ1v) is 8.71.